The molecule has 0 spiro atoms. The minimum Gasteiger partial charge on any atom is -0.494 e. The molecule has 0 aromatic heterocycles. The maximum absolute atomic E-state index is 6.01. The summed E-state index contributed by atoms with van der Waals surface area (Å²) in [4.78, 5) is 0. The van der Waals surface area contributed by atoms with Crippen molar-refractivity contribution >= 4 is 27.5 Å². The topological polar surface area (TPSA) is 18.5 Å². The molecule has 106 valence electrons. The van der Waals surface area contributed by atoms with Crippen LogP contribution in [-0.2, 0) is 5.33 Å². The molecule has 0 amide bonds. The fraction of sp³-hybridized carbons (Fsp3) is 0.250. The number of halogens is 2. The normalized spacial score (nSPS) is 10.3. The number of benzene rings is 2. The highest BCUT2D eigenvalue weighted by molar-refractivity contribution is 9.08. The summed E-state index contributed by atoms with van der Waals surface area (Å²) >= 11 is 9.45. The molecule has 0 aliphatic heterocycles. The van der Waals surface area contributed by atoms with Crippen LogP contribution in [0.15, 0.2) is 42.5 Å². The molecule has 2 aromatic carbocycles. The van der Waals surface area contributed by atoms with E-state index in [1.54, 1.807) is 0 Å². The van der Waals surface area contributed by atoms with Gasteiger partial charge in [0.05, 0.1) is 6.61 Å². The van der Waals surface area contributed by atoms with Gasteiger partial charge < -0.3 is 9.47 Å². The van der Waals surface area contributed by atoms with Crippen molar-refractivity contribution in [2.24, 2.45) is 0 Å². The molecule has 4 heteroatoms. The predicted molar refractivity (Wildman–Crippen MR) is 86.4 cm³/mol. The molecule has 0 saturated heterocycles. The van der Waals surface area contributed by atoms with Gasteiger partial charge in [0.25, 0.3) is 0 Å². The van der Waals surface area contributed by atoms with Crippen LogP contribution in [0.1, 0.15) is 18.9 Å². The first-order valence-corrected chi connectivity index (χ1v) is 7.98. The molecule has 0 bridgehead atoms. The summed E-state index contributed by atoms with van der Waals surface area (Å²) < 4.78 is 11.4. The fourth-order valence-electron chi connectivity index (χ4n) is 1.68. The van der Waals surface area contributed by atoms with Crippen molar-refractivity contribution in [2.75, 3.05) is 6.61 Å². The molecule has 2 nitrogen and oxygen atoms in total. The Morgan fingerprint density at radius 1 is 1.05 bits per heavy atom. The van der Waals surface area contributed by atoms with Crippen LogP contribution >= 0.6 is 27.5 Å². The van der Waals surface area contributed by atoms with Crippen LogP contribution in [0.4, 0.5) is 0 Å². The highest BCUT2D eigenvalue weighted by Crippen LogP contribution is 2.30. The molecule has 0 heterocycles. The van der Waals surface area contributed by atoms with Crippen molar-refractivity contribution in [1.29, 1.82) is 0 Å². The zero-order valence-corrected chi connectivity index (χ0v) is 13.6. The Morgan fingerprint density at radius 2 is 1.75 bits per heavy atom. The van der Waals surface area contributed by atoms with Crippen molar-refractivity contribution in [3.05, 3.63) is 53.1 Å². The fourth-order valence-corrected chi connectivity index (χ4v) is 2.31. The third-order valence-electron chi connectivity index (χ3n) is 2.70. The van der Waals surface area contributed by atoms with Crippen LogP contribution in [0.5, 0.6) is 17.2 Å². The summed E-state index contributed by atoms with van der Waals surface area (Å²) in [7, 11) is 0. The Balaban J connectivity index is 2.11. The van der Waals surface area contributed by atoms with Gasteiger partial charge in [0, 0.05) is 15.9 Å². The first kappa shape index (κ1) is 15.2. The smallest absolute Gasteiger partial charge is 0.132 e. The second-order valence-electron chi connectivity index (χ2n) is 4.31. The zero-order chi connectivity index (χ0) is 14.4. The van der Waals surface area contributed by atoms with Gasteiger partial charge in [0.2, 0.25) is 0 Å². The molecule has 2 rings (SSSR count). The molecular weight excluding hydrogens is 340 g/mol. The highest BCUT2D eigenvalue weighted by atomic mass is 79.9. The second-order valence-corrected chi connectivity index (χ2v) is 5.30. The van der Waals surface area contributed by atoms with E-state index in [4.69, 9.17) is 21.1 Å². The first-order chi connectivity index (χ1) is 9.72. The quantitative estimate of drug-likeness (QED) is 0.608. The lowest BCUT2D eigenvalue weighted by molar-refractivity contribution is 0.317. The third-order valence-corrected chi connectivity index (χ3v) is 3.54. The van der Waals surface area contributed by atoms with E-state index in [2.05, 4.69) is 22.9 Å². The number of alkyl halides is 1. The number of hydrogen-bond donors (Lipinski definition) is 0. The molecule has 20 heavy (non-hydrogen) atoms. The van der Waals surface area contributed by atoms with Gasteiger partial charge in [-0.05, 0) is 42.8 Å². The molecule has 0 aliphatic rings. The Morgan fingerprint density at radius 3 is 2.40 bits per heavy atom. The van der Waals surface area contributed by atoms with Crippen LogP contribution in [0, 0.1) is 0 Å². The lowest BCUT2D eigenvalue weighted by atomic mass is 10.2. The van der Waals surface area contributed by atoms with E-state index in [0.29, 0.717) is 5.02 Å². The van der Waals surface area contributed by atoms with Crippen LogP contribution in [0.25, 0.3) is 0 Å². The largest absolute Gasteiger partial charge is 0.494 e. The molecular formula is C16H16BrClO2. The summed E-state index contributed by atoms with van der Waals surface area (Å²) in [6.45, 7) is 2.81. The monoisotopic (exact) mass is 354 g/mol. The van der Waals surface area contributed by atoms with E-state index < -0.39 is 0 Å². The Labute approximate surface area is 132 Å². The Kier molecular flexibility index (Phi) is 5.74. The van der Waals surface area contributed by atoms with Gasteiger partial charge in [-0.2, -0.15) is 0 Å². The molecule has 0 unspecified atom stereocenters. The molecule has 0 aliphatic carbocycles. The van der Waals surface area contributed by atoms with Gasteiger partial charge in [0.1, 0.15) is 17.2 Å². The van der Waals surface area contributed by atoms with Gasteiger partial charge in [-0.1, -0.05) is 40.5 Å². The highest BCUT2D eigenvalue weighted by Gasteiger charge is 2.05. The number of hydrogen-bond acceptors (Lipinski definition) is 2. The summed E-state index contributed by atoms with van der Waals surface area (Å²) in [5.41, 5.74) is 1.06. The molecule has 0 atom stereocenters. The molecule has 0 fully saturated rings. The van der Waals surface area contributed by atoms with Gasteiger partial charge in [-0.25, -0.2) is 0 Å². The van der Waals surface area contributed by atoms with Crippen molar-refractivity contribution in [2.45, 2.75) is 18.7 Å². The minimum atomic E-state index is 0.660. The van der Waals surface area contributed by atoms with E-state index in [9.17, 15) is 0 Å². The van der Waals surface area contributed by atoms with E-state index in [-0.39, 0.29) is 0 Å². The summed E-state index contributed by atoms with van der Waals surface area (Å²) in [6.07, 6.45) is 0.995. The average Bonchev–Trinajstić information content (AvgIpc) is 2.47. The maximum atomic E-state index is 6.01. The van der Waals surface area contributed by atoms with Gasteiger partial charge in [0.15, 0.2) is 0 Å². The number of ether oxygens (including phenoxy) is 2. The SMILES string of the molecule is CCCOc1ccc(Oc2cc(Cl)ccc2CBr)cc1. The van der Waals surface area contributed by atoms with E-state index >= 15 is 0 Å². The van der Waals surface area contributed by atoms with Gasteiger partial charge in [-0.15, -0.1) is 0 Å². The number of rotatable bonds is 6. The van der Waals surface area contributed by atoms with Crippen molar-refractivity contribution < 1.29 is 9.47 Å². The maximum Gasteiger partial charge on any atom is 0.132 e. The summed E-state index contributed by atoms with van der Waals surface area (Å²) in [5, 5.41) is 1.38. The van der Waals surface area contributed by atoms with Crippen molar-refractivity contribution in [3.8, 4) is 17.2 Å². The van der Waals surface area contributed by atoms with E-state index in [1.807, 2.05) is 42.5 Å². The lowest BCUT2D eigenvalue weighted by Gasteiger charge is -2.11. The third kappa shape index (κ3) is 4.15. The molecule has 2 aromatic rings. The lowest BCUT2D eigenvalue weighted by Crippen LogP contribution is -1.95. The average molecular weight is 356 g/mol. The van der Waals surface area contributed by atoms with Crippen LogP contribution in [-0.4, -0.2) is 6.61 Å². The summed E-state index contributed by atoms with van der Waals surface area (Å²) in [6, 6.07) is 13.2. The van der Waals surface area contributed by atoms with Crippen LogP contribution < -0.4 is 9.47 Å². The van der Waals surface area contributed by atoms with E-state index in [1.165, 1.54) is 0 Å². The van der Waals surface area contributed by atoms with E-state index in [0.717, 1.165) is 41.2 Å². The first-order valence-electron chi connectivity index (χ1n) is 6.48. The molecule has 0 saturated carbocycles. The van der Waals surface area contributed by atoms with Crippen molar-refractivity contribution in [1.82, 2.24) is 0 Å². The van der Waals surface area contributed by atoms with Gasteiger partial charge >= 0.3 is 0 Å². The van der Waals surface area contributed by atoms with Crippen LogP contribution in [0.2, 0.25) is 5.02 Å². The molecule has 0 radical (unpaired) electrons. The Bertz CT molecular complexity index is 555. The van der Waals surface area contributed by atoms with Crippen molar-refractivity contribution in [3.63, 3.8) is 0 Å². The predicted octanol–water partition coefficient (Wildman–Crippen LogP) is 5.82. The second kappa shape index (κ2) is 7.55. The summed E-state index contributed by atoms with van der Waals surface area (Å²) in [5.74, 6) is 2.38. The Hall–Kier alpha value is -1.19. The molecule has 0 N–H and O–H groups in total. The zero-order valence-electron chi connectivity index (χ0n) is 11.2. The van der Waals surface area contributed by atoms with Gasteiger partial charge in [-0.3, -0.25) is 0 Å². The standard InChI is InChI=1S/C16H16BrClO2/c1-2-9-19-14-5-7-15(8-6-14)20-16-10-13(18)4-3-12(16)11-17/h3-8,10H,2,9,11H2,1H3. The minimum absolute atomic E-state index is 0.660. The van der Waals surface area contributed by atoms with Crippen LogP contribution in [0.3, 0.4) is 0 Å².